The van der Waals surface area contributed by atoms with Crippen LogP contribution in [0.4, 0.5) is 0 Å². The van der Waals surface area contributed by atoms with Crippen LogP contribution >= 0.6 is 36.4 Å². The fourth-order valence-electron chi connectivity index (χ4n) is 3.96. The number of carbonyl (C=O) groups is 1. The fourth-order valence-corrected chi connectivity index (χ4v) is 4.13. The number of benzene rings is 1. The average Bonchev–Trinajstić information content (AvgIpc) is 3.59. The molecule has 1 amide bonds. The molecule has 5 nitrogen and oxygen atoms in total. The number of pyridine rings is 2. The lowest BCUT2D eigenvalue weighted by molar-refractivity contribution is 0.0636. The molecule has 5 rings (SSSR count). The largest absolute Gasteiger partial charge is 0.329 e. The third-order valence-corrected chi connectivity index (χ3v) is 5.83. The number of halogens is 3. The second kappa shape index (κ2) is 9.48. The first-order valence-corrected chi connectivity index (χ1v) is 10.1. The Balaban J connectivity index is 0.00000128. The molecule has 0 radical (unpaired) electrons. The van der Waals surface area contributed by atoms with Gasteiger partial charge in [-0.25, -0.2) is 0 Å². The Morgan fingerprint density at radius 1 is 1.17 bits per heavy atom. The zero-order valence-electron chi connectivity index (χ0n) is 16.3. The van der Waals surface area contributed by atoms with E-state index in [1.807, 2.05) is 47.5 Å². The molecule has 2 aromatic heterocycles. The molecule has 1 aliphatic carbocycles. The highest BCUT2D eigenvalue weighted by molar-refractivity contribution is 6.31. The molecule has 1 saturated heterocycles. The third-order valence-electron chi connectivity index (χ3n) is 5.59. The summed E-state index contributed by atoms with van der Waals surface area (Å²) in [5, 5.41) is 4.84. The summed E-state index contributed by atoms with van der Waals surface area (Å²) in [4.78, 5) is 24.7. The number of nitrogens with one attached hydrogen (secondary N) is 1. The summed E-state index contributed by atoms with van der Waals surface area (Å²) >= 11 is 6.25. The standard InChI is InChI=1S/C22H21ClN4O.2ClH/c23-16-5-6-19-17(10-16)18(11-20(26-19)14-3-4-14)22(28)27-9-8-25-13-21(27)15-2-1-7-24-12-15;;/h1-2,5-7,10-12,14,21,25H,3-4,8-9,13H2;2*1H. The van der Waals surface area contributed by atoms with Gasteiger partial charge < -0.3 is 10.2 Å². The van der Waals surface area contributed by atoms with Gasteiger partial charge in [-0.1, -0.05) is 17.7 Å². The predicted molar refractivity (Wildman–Crippen MR) is 124 cm³/mol. The summed E-state index contributed by atoms with van der Waals surface area (Å²) in [7, 11) is 0. The maximum atomic E-state index is 13.7. The number of piperazine rings is 1. The van der Waals surface area contributed by atoms with Gasteiger partial charge in [0.1, 0.15) is 0 Å². The van der Waals surface area contributed by atoms with Crippen molar-refractivity contribution in [2.75, 3.05) is 19.6 Å². The number of amides is 1. The van der Waals surface area contributed by atoms with Crippen LogP contribution in [-0.4, -0.2) is 40.4 Å². The van der Waals surface area contributed by atoms with E-state index < -0.39 is 0 Å². The van der Waals surface area contributed by atoms with Crippen LogP contribution in [0.25, 0.3) is 10.9 Å². The van der Waals surface area contributed by atoms with E-state index in [1.165, 1.54) is 0 Å². The van der Waals surface area contributed by atoms with Crippen molar-refractivity contribution in [3.63, 3.8) is 0 Å². The van der Waals surface area contributed by atoms with Gasteiger partial charge in [0, 0.05) is 54.0 Å². The minimum atomic E-state index is -0.0401. The van der Waals surface area contributed by atoms with Gasteiger partial charge in [-0.2, -0.15) is 0 Å². The van der Waals surface area contributed by atoms with Crippen molar-refractivity contribution in [3.05, 3.63) is 70.6 Å². The number of aromatic nitrogens is 2. The lowest BCUT2D eigenvalue weighted by Gasteiger charge is -2.36. The summed E-state index contributed by atoms with van der Waals surface area (Å²) in [5.41, 5.74) is 3.60. The first-order chi connectivity index (χ1) is 13.7. The number of nitrogens with zero attached hydrogens (tertiary/aromatic N) is 3. The van der Waals surface area contributed by atoms with Gasteiger partial charge >= 0.3 is 0 Å². The summed E-state index contributed by atoms with van der Waals surface area (Å²) < 4.78 is 0. The van der Waals surface area contributed by atoms with Gasteiger partial charge in [-0.3, -0.25) is 14.8 Å². The van der Waals surface area contributed by atoms with Crippen molar-refractivity contribution in [1.82, 2.24) is 20.2 Å². The van der Waals surface area contributed by atoms with Crippen LogP contribution in [0.15, 0.2) is 48.8 Å². The third kappa shape index (κ3) is 4.40. The van der Waals surface area contributed by atoms with E-state index >= 15 is 0 Å². The number of rotatable bonds is 3. The van der Waals surface area contributed by atoms with Crippen LogP contribution in [0.5, 0.6) is 0 Å². The van der Waals surface area contributed by atoms with E-state index in [0.717, 1.165) is 48.1 Å². The SMILES string of the molecule is Cl.Cl.O=C(c1cc(C2CC2)nc2ccc(Cl)cc12)N1CCNCC1c1cccnc1. The van der Waals surface area contributed by atoms with Crippen LogP contribution in [-0.2, 0) is 0 Å². The Bertz CT molecular complexity index is 1040. The van der Waals surface area contributed by atoms with Crippen LogP contribution in [0.2, 0.25) is 5.02 Å². The molecule has 1 unspecified atom stereocenters. The smallest absolute Gasteiger partial charge is 0.255 e. The molecule has 0 spiro atoms. The van der Waals surface area contributed by atoms with E-state index in [1.54, 1.807) is 6.20 Å². The molecule has 2 aliphatic rings. The zero-order valence-corrected chi connectivity index (χ0v) is 18.6. The van der Waals surface area contributed by atoms with E-state index in [2.05, 4.69) is 10.3 Å². The van der Waals surface area contributed by atoms with Gasteiger partial charge in [-0.15, -0.1) is 24.8 Å². The Morgan fingerprint density at radius 2 is 2.00 bits per heavy atom. The summed E-state index contributed by atoms with van der Waals surface area (Å²) in [6.07, 6.45) is 5.89. The monoisotopic (exact) mass is 464 g/mol. The lowest BCUT2D eigenvalue weighted by Crippen LogP contribution is -2.48. The lowest BCUT2D eigenvalue weighted by atomic mass is 10.0. The van der Waals surface area contributed by atoms with E-state index in [0.29, 0.717) is 23.0 Å². The van der Waals surface area contributed by atoms with E-state index in [-0.39, 0.29) is 36.8 Å². The van der Waals surface area contributed by atoms with Gasteiger partial charge in [0.2, 0.25) is 0 Å². The summed E-state index contributed by atoms with van der Waals surface area (Å²) in [5.74, 6) is 0.510. The molecular formula is C22H23Cl3N4O. The Morgan fingerprint density at radius 3 is 2.73 bits per heavy atom. The highest BCUT2D eigenvalue weighted by Crippen LogP contribution is 2.40. The van der Waals surface area contributed by atoms with Crippen LogP contribution < -0.4 is 5.32 Å². The molecule has 30 heavy (non-hydrogen) atoms. The normalized spacial score (nSPS) is 18.4. The van der Waals surface area contributed by atoms with Crippen LogP contribution in [0.1, 0.15) is 46.4 Å². The number of carbonyl (C=O) groups excluding carboxylic acids is 1. The summed E-state index contributed by atoms with van der Waals surface area (Å²) in [6, 6.07) is 11.5. The predicted octanol–water partition coefficient (Wildman–Crippen LogP) is 4.79. The van der Waals surface area contributed by atoms with E-state index in [9.17, 15) is 4.79 Å². The Labute approximate surface area is 193 Å². The molecule has 158 valence electrons. The second-order valence-electron chi connectivity index (χ2n) is 7.54. The average molecular weight is 466 g/mol. The van der Waals surface area contributed by atoms with Gasteiger partial charge in [0.25, 0.3) is 5.91 Å². The van der Waals surface area contributed by atoms with Crippen molar-refractivity contribution in [2.45, 2.75) is 24.8 Å². The van der Waals surface area contributed by atoms with E-state index in [4.69, 9.17) is 16.6 Å². The molecule has 8 heteroatoms. The molecular weight excluding hydrogens is 443 g/mol. The Hall–Kier alpha value is -1.92. The van der Waals surface area contributed by atoms with Crippen molar-refractivity contribution in [2.24, 2.45) is 0 Å². The topological polar surface area (TPSA) is 58.1 Å². The first kappa shape index (κ1) is 22.8. The molecule has 1 saturated carbocycles. The molecule has 1 atom stereocenters. The quantitative estimate of drug-likeness (QED) is 0.604. The fraction of sp³-hybridized carbons (Fsp3) is 0.318. The highest BCUT2D eigenvalue weighted by Gasteiger charge is 2.32. The van der Waals surface area contributed by atoms with Gasteiger partial charge in [-0.05, 0) is 48.7 Å². The molecule has 1 N–H and O–H groups in total. The first-order valence-electron chi connectivity index (χ1n) is 9.72. The Kier molecular flexibility index (Phi) is 7.19. The molecule has 3 heterocycles. The molecule has 0 bridgehead atoms. The van der Waals surface area contributed by atoms with Gasteiger partial charge in [0.05, 0.1) is 17.1 Å². The van der Waals surface area contributed by atoms with Gasteiger partial charge in [0.15, 0.2) is 0 Å². The van der Waals surface area contributed by atoms with Crippen molar-refractivity contribution in [3.8, 4) is 0 Å². The maximum Gasteiger partial charge on any atom is 0.255 e. The minimum Gasteiger partial charge on any atom is -0.329 e. The minimum absolute atomic E-state index is 0. The highest BCUT2D eigenvalue weighted by atomic mass is 35.5. The zero-order chi connectivity index (χ0) is 19.1. The van der Waals surface area contributed by atoms with Crippen molar-refractivity contribution in [1.29, 1.82) is 0 Å². The molecule has 1 aliphatic heterocycles. The summed E-state index contributed by atoms with van der Waals surface area (Å²) in [6.45, 7) is 2.15. The van der Waals surface area contributed by atoms with Crippen LogP contribution in [0.3, 0.4) is 0 Å². The maximum absolute atomic E-state index is 13.7. The van der Waals surface area contributed by atoms with Crippen LogP contribution in [0, 0.1) is 0 Å². The molecule has 1 aromatic carbocycles. The van der Waals surface area contributed by atoms with Crippen molar-refractivity contribution >= 4 is 53.2 Å². The number of hydrogen-bond donors (Lipinski definition) is 1. The number of hydrogen-bond acceptors (Lipinski definition) is 4. The van der Waals surface area contributed by atoms with Crippen molar-refractivity contribution < 1.29 is 4.79 Å². The molecule has 3 aromatic rings. The molecule has 2 fully saturated rings. The number of fused-ring (bicyclic) bond motifs is 1. The second-order valence-corrected chi connectivity index (χ2v) is 7.97.